The van der Waals surface area contributed by atoms with Crippen molar-refractivity contribution in [1.29, 1.82) is 0 Å². The molecule has 1 N–H and O–H groups in total. The summed E-state index contributed by atoms with van der Waals surface area (Å²) in [5.41, 5.74) is 0. The number of anilines is 1. The van der Waals surface area contributed by atoms with Crippen molar-refractivity contribution in [3.8, 4) is 0 Å². The van der Waals surface area contributed by atoms with E-state index in [1.165, 1.54) is 16.6 Å². The summed E-state index contributed by atoms with van der Waals surface area (Å²) in [6.45, 7) is 2.01. The van der Waals surface area contributed by atoms with Crippen LogP contribution in [0.1, 0.15) is 0 Å². The summed E-state index contributed by atoms with van der Waals surface area (Å²) in [6, 6.07) is 1.46. The lowest BCUT2D eigenvalue weighted by atomic mass is 10.3. The molecule has 0 spiro atoms. The maximum absolute atomic E-state index is 12.3. The van der Waals surface area contributed by atoms with Crippen LogP contribution in [-0.4, -0.2) is 59.1 Å². The molecule has 0 amide bonds. The van der Waals surface area contributed by atoms with E-state index in [2.05, 4.69) is 20.2 Å². The molecule has 1 aliphatic rings. The molecule has 1 saturated heterocycles. The molecule has 0 bridgehead atoms. The Labute approximate surface area is 116 Å². The quantitative estimate of drug-likeness (QED) is 0.836. The van der Waals surface area contributed by atoms with Gasteiger partial charge in [-0.15, -0.1) is 0 Å². The van der Waals surface area contributed by atoms with Crippen molar-refractivity contribution < 1.29 is 8.42 Å². The Kier molecular flexibility index (Phi) is 3.36. The van der Waals surface area contributed by atoms with Gasteiger partial charge in [0.2, 0.25) is 0 Å². The number of aromatic amines is 1. The standard InChI is InChI=1S/C11H14N6O2S/c18-20(19,11-1-2-14-15-11)17-7-5-16(6-8-17)10-9-12-3-4-13-10/h1-4,9H,5-8H2,(H,14,15). The highest BCUT2D eigenvalue weighted by molar-refractivity contribution is 7.89. The van der Waals surface area contributed by atoms with Gasteiger partial charge >= 0.3 is 0 Å². The molecule has 8 nitrogen and oxygen atoms in total. The zero-order valence-electron chi connectivity index (χ0n) is 10.7. The number of hydrogen-bond acceptors (Lipinski definition) is 6. The van der Waals surface area contributed by atoms with Gasteiger partial charge in [-0.05, 0) is 6.07 Å². The maximum Gasteiger partial charge on any atom is 0.260 e. The smallest absolute Gasteiger partial charge is 0.260 e. The van der Waals surface area contributed by atoms with Crippen LogP contribution in [0.3, 0.4) is 0 Å². The van der Waals surface area contributed by atoms with Gasteiger partial charge in [0.05, 0.1) is 12.4 Å². The van der Waals surface area contributed by atoms with Crippen LogP contribution >= 0.6 is 0 Å². The van der Waals surface area contributed by atoms with Crippen molar-refractivity contribution in [3.63, 3.8) is 0 Å². The average molecular weight is 294 g/mol. The second-order valence-corrected chi connectivity index (χ2v) is 6.28. The SMILES string of the molecule is O=S(=O)(c1ccn[nH]1)N1CCN(c2cnccn2)CC1. The number of rotatable bonds is 3. The van der Waals surface area contributed by atoms with Crippen LogP contribution in [0.15, 0.2) is 35.9 Å². The largest absolute Gasteiger partial charge is 0.353 e. The molecule has 0 atom stereocenters. The van der Waals surface area contributed by atoms with E-state index in [-0.39, 0.29) is 5.03 Å². The van der Waals surface area contributed by atoms with Gasteiger partial charge in [0.25, 0.3) is 10.0 Å². The zero-order chi connectivity index (χ0) is 14.0. The van der Waals surface area contributed by atoms with E-state index >= 15 is 0 Å². The lowest BCUT2D eigenvalue weighted by Gasteiger charge is -2.34. The van der Waals surface area contributed by atoms with Gasteiger partial charge in [-0.3, -0.25) is 10.1 Å². The molecule has 0 aromatic carbocycles. The molecular formula is C11H14N6O2S. The van der Waals surface area contributed by atoms with Gasteiger partial charge in [0.1, 0.15) is 5.82 Å². The predicted octanol–water partition coefficient (Wildman–Crippen LogP) is -0.289. The molecule has 20 heavy (non-hydrogen) atoms. The van der Waals surface area contributed by atoms with Crippen molar-refractivity contribution in [2.24, 2.45) is 0 Å². The zero-order valence-corrected chi connectivity index (χ0v) is 11.5. The summed E-state index contributed by atoms with van der Waals surface area (Å²) in [7, 11) is -3.47. The molecule has 2 aromatic rings. The maximum atomic E-state index is 12.3. The van der Waals surface area contributed by atoms with Gasteiger partial charge in [-0.1, -0.05) is 0 Å². The van der Waals surface area contributed by atoms with E-state index in [1.54, 1.807) is 18.6 Å². The van der Waals surface area contributed by atoms with E-state index in [1.807, 2.05) is 4.90 Å². The molecule has 3 rings (SSSR count). The van der Waals surface area contributed by atoms with Gasteiger partial charge < -0.3 is 4.90 Å². The van der Waals surface area contributed by atoms with Gasteiger partial charge in [-0.25, -0.2) is 13.4 Å². The summed E-state index contributed by atoms with van der Waals surface area (Å²) in [6.07, 6.45) is 6.35. The Morgan fingerprint density at radius 2 is 1.90 bits per heavy atom. The second kappa shape index (κ2) is 5.17. The number of nitrogens with one attached hydrogen (secondary N) is 1. The molecule has 0 radical (unpaired) electrons. The number of hydrogen-bond donors (Lipinski definition) is 1. The molecule has 3 heterocycles. The number of H-pyrrole nitrogens is 1. The van der Waals surface area contributed by atoms with Crippen LogP contribution < -0.4 is 4.90 Å². The third kappa shape index (κ3) is 2.37. The van der Waals surface area contributed by atoms with Crippen LogP contribution in [0.5, 0.6) is 0 Å². The number of aromatic nitrogens is 4. The van der Waals surface area contributed by atoms with E-state index in [9.17, 15) is 8.42 Å². The molecule has 9 heteroatoms. The van der Waals surface area contributed by atoms with Gasteiger partial charge in [-0.2, -0.15) is 9.40 Å². The number of nitrogens with zero attached hydrogens (tertiary/aromatic N) is 5. The fourth-order valence-corrected chi connectivity index (χ4v) is 3.46. The van der Waals surface area contributed by atoms with E-state index in [4.69, 9.17) is 0 Å². The molecule has 106 valence electrons. The number of sulfonamides is 1. The normalized spacial score (nSPS) is 17.3. The molecule has 0 unspecified atom stereocenters. The highest BCUT2D eigenvalue weighted by Crippen LogP contribution is 2.17. The predicted molar refractivity (Wildman–Crippen MR) is 71.6 cm³/mol. The first-order chi connectivity index (χ1) is 9.68. The first kappa shape index (κ1) is 13.0. The van der Waals surface area contributed by atoms with Gasteiger partial charge in [0, 0.05) is 38.6 Å². The highest BCUT2D eigenvalue weighted by atomic mass is 32.2. The average Bonchev–Trinajstić information content (AvgIpc) is 3.03. The summed E-state index contributed by atoms with van der Waals surface area (Å²) < 4.78 is 26.1. The fourth-order valence-electron chi connectivity index (χ4n) is 2.14. The van der Waals surface area contributed by atoms with Crippen LogP contribution in [-0.2, 0) is 10.0 Å². The third-order valence-corrected chi connectivity index (χ3v) is 5.03. The Hall–Kier alpha value is -2.00. The molecular weight excluding hydrogens is 280 g/mol. The van der Waals surface area contributed by atoms with E-state index < -0.39 is 10.0 Å². The summed E-state index contributed by atoms with van der Waals surface area (Å²) >= 11 is 0. The lowest BCUT2D eigenvalue weighted by Crippen LogP contribution is -2.49. The van der Waals surface area contributed by atoms with Crippen molar-refractivity contribution >= 4 is 15.8 Å². The molecule has 0 saturated carbocycles. The van der Waals surface area contributed by atoms with E-state index in [0.717, 1.165) is 5.82 Å². The first-order valence-corrected chi connectivity index (χ1v) is 7.62. The highest BCUT2D eigenvalue weighted by Gasteiger charge is 2.29. The van der Waals surface area contributed by atoms with Crippen molar-refractivity contribution in [3.05, 3.63) is 30.9 Å². The Balaban J connectivity index is 1.70. The van der Waals surface area contributed by atoms with Crippen LogP contribution in [0.4, 0.5) is 5.82 Å². The van der Waals surface area contributed by atoms with Crippen molar-refractivity contribution in [2.45, 2.75) is 5.03 Å². The third-order valence-electron chi connectivity index (χ3n) is 3.21. The minimum absolute atomic E-state index is 0.130. The summed E-state index contributed by atoms with van der Waals surface area (Å²) in [4.78, 5) is 10.3. The van der Waals surface area contributed by atoms with Crippen molar-refractivity contribution in [1.82, 2.24) is 24.5 Å². The summed E-state index contributed by atoms with van der Waals surface area (Å²) in [5, 5.41) is 6.32. The monoisotopic (exact) mass is 294 g/mol. The van der Waals surface area contributed by atoms with Gasteiger partial charge in [0.15, 0.2) is 5.03 Å². The topological polar surface area (TPSA) is 95.1 Å². The Morgan fingerprint density at radius 3 is 2.50 bits per heavy atom. The minimum atomic E-state index is -3.47. The molecule has 1 aliphatic heterocycles. The van der Waals surface area contributed by atoms with Crippen LogP contribution in [0.2, 0.25) is 0 Å². The fraction of sp³-hybridized carbons (Fsp3) is 0.364. The van der Waals surface area contributed by atoms with Crippen LogP contribution in [0.25, 0.3) is 0 Å². The second-order valence-electron chi connectivity index (χ2n) is 4.38. The first-order valence-electron chi connectivity index (χ1n) is 6.18. The van der Waals surface area contributed by atoms with Crippen molar-refractivity contribution in [2.75, 3.05) is 31.1 Å². The van der Waals surface area contributed by atoms with Crippen LogP contribution in [0, 0.1) is 0 Å². The number of piperazine rings is 1. The minimum Gasteiger partial charge on any atom is -0.353 e. The molecule has 0 aliphatic carbocycles. The molecule has 2 aromatic heterocycles. The Morgan fingerprint density at radius 1 is 1.10 bits per heavy atom. The Bertz CT molecular complexity index is 649. The summed E-state index contributed by atoms with van der Waals surface area (Å²) in [5.74, 6) is 0.770. The van der Waals surface area contributed by atoms with E-state index in [0.29, 0.717) is 26.2 Å². The molecule has 1 fully saturated rings. The lowest BCUT2D eigenvalue weighted by molar-refractivity contribution is 0.382.